The van der Waals surface area contributed by atoms with Gasteiger partial charge in [0.05, 0.1) is 12.8 Å². The number of carbonyl (C=O) groups is 2. The lowest BCUT2D eigenvalue weighted by atomic mass is 10.3. The summed E-state index contributed by atoms with van der Waals surface area (Å²) in [5, 5.41) is 2.62. The van der Waals surface area contributed by atoms with E-state index >= 15 is 0 Å². The van der Waals surface area contributed by atoms with Gasteiger partial charge in [-0.2, -0.15) is 0 Å². The van der Waals surface area contributed by atoms with Gasteiger partial charge in [0, 0.05) is 13.5 Å². The summed E-state index contributed by atoms with van der Waals surface area (Å²) in [7, 11) is 1.50. The first-order valence-electron chi connectivity index (χ1n) is 6.15. The summed E-state index contributed by atoms with van der Waals surface area (Å²) in [6, 6.07) is 0. The third kappa shape index (κ3) is 4.36. The van der Waals surface area contributed by atoms with Crippen LogP contribution in [0.4, 0.5) is 5.82 Å². The Bertz CT molecular complexity index is 442. The van der Waals surface area contributed by atoms with Crippen molar-refractivity contribution < 1.29 is 19.1 Å². The van der Waals surface area contributed by atoms with Crippen molar-refractivity contribution in [1.82, 2.24) is 9.55 Å². The highest BCUT2D eigenvalue weighted by Crippen LogP contribution is 2.11. The third-order valence-electron chi connectivity index (χ3n) is 2.25. The highest BCUT2D eigenvalue weighted by molar-refractivity contribution is 5.91. The summed E-state index contributed by atoms with van der Waals surface area (Å²) < 4.78 is 11.3. The second-order valence-corrected chi connectivity index (χ2v) is 3.86. The van der Waals surface area contributed by atoms with Gasteiger partial charge in [0.2, 0.25) is 11.7 Å². The van der Waals surface area contributed by atoms with Crippen LogP contribution in [0.3, 0.4) is 0 Å². The van der Waals surface area contributed by atoms with Crippen LogP contribution in [0.1, 0.15) is 37.3 Å². The zero-order chi connectivity index (χ0) is 14.3. The summed E-state index contributed by atoms with van der Waals surface area (Å²) in [6.07, 6.45) is 2.70. The van der Waals surface area contributed by atoms with Gasteiger partial charge in [0.15, 0.2) is 5.82 Å². The number of rotatable bonds is 7. The zero-order valence-corrected chi connectivity index (χ0v) is 11.4. The van der Waals surface area contributed by atoms with Crippen molar-refractivity contribution in [3.8, 4) is 0 Å². The van der Waals surface area contributed by atoms with Crippen LogP contribution in [-0.2, 0) is 21.0 Å². The Hall–Kier alpha value is -1.89. The maximum absolute atomic E-state index is 11.7. The van der Waals surface area contributed by atoms with Crippen molar-refractivity contribution in [2.45, 2.75) is 33.4 Å². The number of esters is 1. The number of methoxy groups -OCH3 is 1. The molecule has 0 radical (unpaired) electrons. The number of nitrogens with zero attached hydrogens (tertiary/aromatic N) is 2. The van der Waals surface area contributed by atoms with E-state index in [0.29, 0.717) is 12.2 Å². The minimum Gasteiger partial charge on any atom is -0.460 e. The molecule has 0 atom stereocenters. The smallest absolute Gasteiger partial charge is 0.374 e. The van der Waals surface area contributed by atoms with Gasteiger partial charge >= 0.3 is 5.97 Å². The van der Waals surface area contributed by atoms with Crippen LogP contribution in [-0.4, -0.2) is 35.1 Å². The number of imidazole rings is 1. The molecule has 1 rings (SSSR count). The van der Waals surface area contributed by atoms with Gasteiger partial charge in [-0.05, 0) is 13.3 Å². The predicted molar refractivity (Wildman–Crippen MR) is 68.7 cm³/mol. The fraction of sp³-hybridized carbons (Fsp3) is 0.583. The van der Waals surface area contributed by atoms with Crippen molar-refractivity contribution in [3.63, 3.8) is 0 Å². The van der Waals surface area contributed by atoms with Crippen molar-refractivity contribution in [3.05, 3.63) is 12.0 Å². The number of hydrogen-bond acceptors (Lipinski definition) is 5. The fourth-order valence-electron chi connectivity index (χ4n) is 1.50. The van der Waals surface area contributed by atoms with E-state index < -0.39 is 5.97 Å². The monoisotopic (exact) mass is 269 g/mol. The lowest BCUT2D eigenvalue weighted by molar-refractivity contribution is -0.116. The van der Waals surface area contributed by atoms with Gasteiger partial charge in [0.1, 0.15) is 6.73 Å². The molecule has 0 unspecified atom stereocenters. The normalized spacial score (nSPS) is 10.3. The van der Waals surface area contributed by atoms with Crippen LogP contribution < -0.4 is 5.32 Å². The minimum atomic E-state index is -0.546. The van der Waals surface area contributed by atoms with Gasteiger partial charge in [-0.1, -0.05) is 6.92 Å². The third-order valence-corrected chi connectivity index (χ3v) is 2.25. The number of anilines is 1. The molecule has 7 nitrogen and oxygen atoms in total. The molecule has 1 aromatic rings. The molecular weight excluding hydrogens is 250 g/mol. The molecule has 1 heterocycles. The Morgan fingerprint density at radius 3 is 2.74 bits per heavy atom. The SMILES string of the molecule is CCCC(=O)Nc1cn(COC)c(C(=O)OCC)n1. The van der Waals surface area contributed by atoms with Gasteiger partial charge in [0.25, 0.3) is 0 Å². The Kier molecular flexibility index (Phi) is 6.01. The molecule has 1 N–H and O–H groups in total. The van der Waals surface area contributed by atoms with E-state index in [2.05, 4.69) is 10.3 Å². The molecule has 19 heavy (non-hydrogen) atoms. The first kappa shape index (κ1) is 15.2. The number of hydrogen-bond donors (Lipinski definition) is 1. The molecule has 0 bridgehead atoms. The van der Waals surface area contributed by atoms with E-state index in [1.165, 1.54) is 11.7 Å². The van der Waals surface area contributed by atoms with Crippen LogP contribution in [0.25, 0.3) is 0 Å². The second-order valence-electron chi connectivity index (χ2n) is 3.86. The van der Waals surface area contributed by atoms with E-state index in [0.717, 1.165) is 6.42 Å². The van der Waals surface area contributed by atoms with Crippen molar-refractivity contribution in [2.75, 3.05) is 19.0 Å². The summed E-state index contributed by atoms with van der Waals surface area (Å²) >= 11 is 0. The molecule has 0 spiro atoms. The molecule has 0 fully saturated rings. The number of ether oxygens (including phenoxy) is 2. The summed E-state index contributed by atoms with van der Waals surface area (Å²) in [5.74, 6) is -0.260. The van der Waals surface area contributed by atoms with Crippen LogP contribution in [0.2, 0.25) is 0 Å². The molecule has 0 aliphatic rings. The van der Waals surface area contributed by atoms with Crippen molar-refractivity contribution in [2.24, 2.45) is 0 Å². The fourth-order valence-corrected chi connectivity index (χ4v) is 1.50. The Labute approximate surface area is 111 Å². The standard InChI is InChI=1S/C12H19N3O4/c1-4-6-10(16)13-9-7-15(8-18-3)11(14-9)12(17)19-5-2/h7H,4-6,8H2,1-3H3,(H,13,16). The first-order valence-corrected chi connectivity index (χ1v) is 6.15. The highest BCUT2D eigenvalue weighted by atomic mass is 16.5. The Morgan fingerprint density at radius 2 is 2.16 bits per heavy atom. The lowest BCUT2D eigenvalue weighted by Gasteiger charge is -2.04. The molecule has 106 valence electrons. The number of aromatic nitrogens is 2. The minimum absolute atomic E-state index is 0.107. The van der Waals surface area contributed by atoms with Gasteiger partial charge < -0.3 is 14.8 Å². The van der Waals surface area contributed by atoms with Crippen molar-refractivity contribution in [1.29, 1.82) is 0 Å². The van der Waals surface area contributed by atoms with Crippen LogP contribution in [0.5, 0.6) is 0 Å². The number of nitrogens with one attached hydrogen (secondary N) is 1. The molecule has 0 saturated heterocycles. The zero-order valence-electron chi connectivity index (χ0n) is 11.4. The van der Waals surface area contributed by atoms with E-state index in [9.17, 15) is 9.59 Å². The quantitative estimate of drug-likeness (QED) is 0.757. The van der Waals surface area contributed by atoms with Crippen LogP contribution >= 0.6 is 0 Å². The average Bonchev–Trinajstić information content (AvgIpc) is 2.73. The number of amides is 1. The van der Waals surface area contributed by atoms with Gasteiger partial charge in [-0.25, -0.2) is 9.78 Å². The van der Waals surface area contributed by atoms with E-state index in [4.69, 9.17) is 9.47 Å². The predicted octanol–water partition coefficient (Wildman–Crippen LogP) is 1.40. The average molecular weight is 269 g/mol. The Morgan fingerprint density at radius 1 is 1.42 bits per heavy atom. The molecule has 0 aliphatic carbocycles. The largest absolute Gasteiger partial charge is 0.460 e. The van der Waals surface area contributed by atoms with E-state index in [1.54, 1.807) is 13.1 Å². The van der Waals surface area contributed by atoms with Gasteiger partial charge in [-0.3, -0.25) is 9.36 Å². The molecular formula is C12H19N3O4. The molecule has 0 saturated carbocycles. The Balaban J connectivity index is 2.87. The van der Waals surface area contributed by atoms with E-state index in [1.807, 2.05) is 6.92 Å². The lowest BCUT2D eigenvalue weighted by Crippen LogP contribution is -2.14. The summed E-state index contributed by atoms with van der Waals surface area (Å²) in [4.78, 5) is 27.2. The summed E-state index contributed by atoms with van der Waals surface area (Å²) in [6.45, 7) is 4.04. The van der Waals surface area contributed by atoms with Crippen LogP contribution in [0, 0.1) is 0 Å². The highest BCUT2D eigenvalue weighted by Gasteiger charge is 2.17. The first-order chi connectivity index (χ1) is 9.12. The number of carbonyl (C=O) groups excluding carboxylic acids is 2. The molecule has 7 heteroatoms. The topological polar surface area (TPSA) is 82.5 Å². The maximum Gasteiger partial charge on any atom is 0.374 e. The van der Waals surface area contributed by atoms with Gasteiger partial charge in [-0.15, -0.1) is 0 Å². The van der Waals surface area contributed by atoms with Crippen molar-refractivity contribution >= 4 is 17.7 Å². The molecule has 1 amide bonds. The second kappa shape index (κ2) is 7.52. The molecule has 0 aliphatic heterocycles. The molecule has 0 aromatic carbocycles. The van der Waals surface area contributed by atoms with Crippen LogP contribution in [0.15, 0.2) is 6.20 Å². The maximum atomic E-state index is 11.7. The summed E-state index contributed by atoms with van der Waals surface area (Å²) in [5.41, 5.74) is 0. The van der Waals surface area contributed by atoms with E-state index in [-0.39, 0.29) is 25.1 Å². The molecule has 1 aromatic heterocycles.